The molecule has 0 aliphatic rings. The molecule has 0 spiro atoms. The second-order valence-electron chi connectivity index (χ2n) is 13.7. The van der Waals surface area contributed by atoms with E-state index in [1.165, 1.54) is 70.9 Å². The first kappa shape index (κ1) is 32.2. The second-order valence-corrected chi connectivity index (χ2v) is 13.7. The Labute approximate surface area is 311 Å². The van der Waals surface area contributed by atoms with Crippen LogP contribution in [0.2, 0.25) is 0 Å². The number of para-hydroxylation sites is 1. The zero-order valence-corrected chi connectivity index (χ0v) is 29.6. The summed E-state index contributed by atoms with van der Waals surface area (Å²) in [6.07, 6.45) is 8.39. The number of allylic oxidation sites excluding steroid dienone is 2. The molecular formula is C52H39N. The number of nitrogens with zero attached hydrogens (tertiary/aromatic N) is 1. The lowest BCUT2D eigenvalue weighted by Crippen LogP contribution is -2.11. The van der Waals surface area contributed by atoms with Crippen LogP contribution in [0.5, 0.6) is 0 Å². The number of hydrogen-bond donors (Lipinski definition) is 0. The van der Waals surface area contributed by atoms with E-state index in [1.807, 2.05) is 6.08 Å². The first-order valence-corrected chi connectivity index (χ1v) is 18.4. The van der Waals surface area contributed by atoms with E-state index in [0.29, 0.717) is 0 Å². The molecule has 9 rings (SSSR count). The Morgan fingerprint density at radius 1 is 0.415 bits per heavy atom. The van der Waals surface area contributed by atoms with Crippen molar-refractivity contribution in [2.45, 2.75) is 12.8 Å². The number of unbranched alkanes of at least 4 members (excludes halogenated alkanes) is 1. The monoisotopic (exact) mass is 677 g/mol. The Bertz CT molecular complexity index is 2800. The maximum absolute atomic E-state index is 3.91. The lowest BCUT2D eigenvalue weighted by molar-refractivity contribution is 1.06. The largest absolute Gasteiger partial charge is 0.310 e. The fourth-order valence-corrected chi connectivity index (χ4v) is 7.77. The van der Waals surface area contributed by atoms with Gasteiger partial charge < -0.3 is 4.90 Å². The van der Waals surface area contributed by atoms with Crippen molar-refractivity contribution >= 4 is 66.2 Å². The van der Waals surface area contributed by atoms with Gasteiger partial charge in [0, 0.05) is 11.4 Å². The van der Waals surface area contributed by atoms with Gasteiger partial charge in [-0.15, -0.1) is 6.58 Å². The summed E-state index contributed by atoms with van der Waals surface area (Å²) in [5.74, 6) is 0. The maximum atomic E-state index is 3.91. The highest BCUT2D eigenvalue weighted by Gasteiger charge is 2.17. The van der Waals surface area contributed by atoms with Crippen molar-refractivity contribution < 1.29 is 0 Å². The molecule has 0 heterocycles. The molecular weight excluding hydrogens is 639 g/mol. The van der Waals surface area contributed by atoms with Crippen LogP contribution in [0.3, 0.4) is 0 Å². The lowest BCUT2D eigenvalue weighted by Gasteiger charge is -2.28. The first-order valence-electron chi connectivity index (χ1n) is 18.4. The van der Waals surface area contributed by atoms with Gasteiger partial charge in [0.1, 0.15) is 0 Å². The van der Waals surface area contributed by atoms with E-state index in [0.717, 1.165) is 29.9 Å². The van der Waals surface area contributed by atoms with Crippen LogP contribution in [0.25, 0.3) is 71.4 Å². The van der Waals surface area contributed by atoms with Crippen LogP contribution in [-0.2, 0) is 0 Å². The molecule has 0 N–H and O–H groups in total. The molecule has 53 heavy (non-hydrogen) atoms. The number of benzene rings is 9. The van der Waals surface area contributed by atoms with E-state index < -0.39 is 0 Å². The van der Waals surface area contributed by atoms with E-state index in [-0.39, 0.29) is 0 Å². The molecule has 0 amide bonds. The minimum atomic E-state index is 0.955. The molecule has 0 unspecified atom stereocenters. The number of anilines is 3. The molecule has 9 aromatic carbocycles. The summed E-state index contributed by atoms with van der Waals surface area (Å²) in [6.45, 7) is 3.91. The summed E-state index contributed by atoms with van der Waals surface area (Å²) in [5.41, 5.74) is 9.34. The summed E-state index contributed by atoms with van der Waals surface area (Å²) in [7, 11) is 0. The highest BCUT2D eigenvalue weighted by molar-refractivity contribution is 6.14. The molecule has 1 nitrogen and oxygen atoms in total. The average molecular weight is 678 g/mol. The lowest BCUT2D eigenvalue weighted by atomic mass is 9.93. The zero-order valence-electron chi connectivity index (χ0n) is 29.6. The van der Waals surface area contributed by atoms with Gasteiger partial charge in [-0.05, 0) is 126 Å². The van der Waals surface area contributed by atoms with E-state index >= 15 is 0 Å². The zero-order chi connectivity index (χ0) is 35.6. The summed E-state index contributed by atoms with van der Waals surface area (Å²) in [6, 6.07) is 66.5. The third-order valence-electron chi connectivity index (χ3n) is 10.4. The van der Waals surface area contributed by atoms with Crippen LogP contribution in [0.4, 0.5) is 17.1 Å². The Hall–Kier alpha value is -6.70. The van der Waals surface area contributed by atoms with Gasteiger partial charge in [0.25, 0.3) is 0 Å². The predicted molar refractivity (Wildman–Crippen MR) is 230 cm³/mol. The van der Waals surface area contributed by atoms with Gasteiger partial charge >= 0.3 is 0 Å². The second kappa shape index (κ2) is 14.1. The Balaban J connectivity index is 1.17. The van der Waals surface area contributed by atoms with Crippen LogP contribution < -0.4 is 4.90 Å². The molecule has 1 heteroatoms. The molecule has 0 aromatic heterocycles. The minimum absolute atomic E-state index is 0.955. The van der Waals surface area contributed by atoms with Crippen molar-refractivity contribution in [3.05, 3.63) is 206 Å². The van der Waals surface area contributed by atoms with Crippen LogP contribution in [0.1, 0.15) is 18.4 Å². The molecule has 0 saturated carbocycles. The highest BCUT2D eigenvalue weighted by Crippen LogP contribution is 2.41. The summed E-state index contributed by atoms with van der Waals surface area (Å²) in [5, 5.41) is 10.1. The van der Waals surface area contributed by atoms with Crippen molar-refractivity contribution in [3.63, 3.8) is 0 Å². The third kappa shape index (κ3) is 6.17. The molecule has 0 atom stereocenters. The molecule has 0 saturated heterocycles. The van der Waals surface area contributed by atoms with Crippen molar-refractivity contribution in [2.24, 2.45) is 0 Å². The van der Waals surface area contributed by atoms with Gasteiger partial charge in [-0.2, -0.15) is 0 Å². The van der Waals surface area contributed by atoms with Crippen LogP contribution in [0, 0.1) is 0 Å². The molecule has 0 radical (unpaired) electrons. The van der Waals surface area contributed by atoms with Crippen LogP contribution in [0.15, 0.2) is 201 Å². The van der Waals surface area contributed by atoms with E-state index in [9.17, 15) is 0 Å². The molecule has 9 aromatic rings. The Morgan fingerprint density at radius 3 is 1.85 bits per heavy atom. The Kier molecular flexibility index (Phi) is 8.60. The highest BCUT2D eigenvalue weighted by atomic mass is 15.1. The molecule has 0 aliphatic carbocycles. The van der Waals surface area contributed by atoms with Gasteiger partial charge in [-0.25, -0.2) is 0 Å². The molecule has 0 aliphatic heterocycles. The number of hydrogen-bond acceptors (Lipinski definition) is 1. The smallest absolute Gasteiger partial charge is 0.0533 e. The van der Waals surface area contributed by atoms with Gasteiger partial charge in [0.05, 0.1) is 5.69 Å². The molecule has 252 valence electrons. The fourth-order valence-electron chi connectivity index (χ4n) is 7.77. The fraction of sp³-hybridized carbons (Fsp3) is 0.0385. The van der Waals surface area contributed by atoms with Gasteiger partial charge in [0.2, 0.25) is 0 Å². The Morgan fingerprint density at radius 2 is 1.04 bits per heavy atom. The van der Waals surface area contributed by atoms with Crippen molar-refractivity contribution in [2.75, 3.05) is 4.90 Å². The average Bonchev–Trinajstić information content (AvgIpc) is 3.23. The van der Waals surface area contributed by atoms with Gasteiger partial charge in [0.15, 0.2) is 0 Å². The molecule has 0 fully saturated rings. The van der Waals surface area contributed by atoms with E-state index in [1.54, 1.807) is 0 Å². The minimum Gasteiger partial charge on any atom is -0.310 e. The molecule has 0 bridgehead atoms. The van der Waals surface area contributed by atoms with Gasteiger partial charge in [-0.1, -0.05) is 158 Å². The van der Waals surface area contributed by atoms with Crippen LogP contribution in [-0.4, -0.2) is 0 Å². The SMILES string of the molecule is C=CCC/C=C/c1ccccc1N(c1ccc(-c2cc3ccccc3c3ccccc23)cc1)c1cccc(-c2ccc3ccc4ccccc4c3c2)c1. The maximum Gasteiger partial charge on any atom is 0.0533 e. The summed E-state index contributed by atoms with van der Waals surface area (Å²) >= 11 is 0. The predicted octanol–water partition coefficient (Wildman–Crippen LogP) is 15.1. The number of fused-ring (bicyclic) bond motifs is 6. The van der Waals surface area contributed by atoms with Crippen LogP contribution >= 0.6 is 0 Å². The standard InChI is InChI=1S/C52H39N/c1-2-3-4-5-16-40-17-8-13-25-52(40)53(44-32-30-39(31-33-44)51-36-43-18-7-10-22-47(43)48-23-11-12-24-49(48)51)45-20-14-19-41(34-45)42-29-28-38-27-26-37-15-6-9-21-46(37)50(38)35-42/h2,5-36H,1,3-4H2/b16-5+. The third-order valence-corrected chi connectivity index (χ3v) is 10.4. The van der Waals surface area contributed by atoms with Crippen molar-refractivity contribution in [3.8, 4) is 22.3 Å². The first-order chi connectivity index (χ1) is 26.2. The number of rotatable bonds is 9. The van der Waals surface area contributed by atoms with Crippen molar-refractivity contribution in [1.29, 1.82) is 0 Å². The van der Waals surface area contributed by atoms with E-state index in [2.05, 4.69) is 206 Å². The normalized spacial score (nSPS) is 11.5. The summed E-state index contributed by atoms with van der Waals surface area (Å²) in [4.78, 5) is 2.40. The topological polar surface area (TPSA) is 3.24 Å². The van der Waals surface area contributed by atoms with E-state index in [4.69, 9.17) is 0 Å². The van der Waals surface area contributed by atoms with Gasteiger partial charge in [-0.3, -0.25) is 0 Å². The van der Waals surface area contributed by atoms with Crippen molar-refractivity contribution in [1.82, 2.24) is 0 Å². The quantitative estimate of drug-likeness (QED) is 0.0835. The summed E-state index contributed by atoms with van der Waals surface area (Å²) < 4.78 is 0.